The Hall–Kier alpha value is -1.05. The van der Waals surface area contributed by atoms with Gasteiger partial charge in [0.15, 0.2) is 0 Å². The molecular weight excluding hydrogens is 152 g/mol. The molecule has 0 aromatic carbocycles. The minimum atomic E-state index is -0.801. The van der Waals surface area contributed by atoms with Crippen molar-refractivity contribution < 1.29 is 9.90 Å². The fourth-order valence-electron chi connectivity index (χ4n) is 0.872. The van der Waals surface area contributed by atoms with Gasteiger partial charge in [0.1, 0.15) is 0 Å². The van der Waals surface area contributed by atoms with Crippen molar-refractivity contribution in [3.05, 3.63) is 24.3 Å². The third-order valence-electron chi connectivity index (χ3n) is 1.57. The van der Waals surface area contributed by atoms with E-state index < -0.39 is 5.97 Å². The normalized spacial score (nSPS) is 11.2. The molecule has 0 saturated carbocycles. The Morgan fingerprint density at radius 2 is 2.17 bits per heavy atom. The Morgan fingerprint density at radius 1 is 1.50 bits per heavy atom. The van der Waals surface area contributed by atoms with E-state index in [0.717, 1.165) is 19.3 Å². The SMILES string of the molecule is C=CCC/C(=C/CCC)C(=O)O. The van der Waals surface area contributed by atoms with Crippen molar-refractivity contribution in [3.8, 4) is 0 Å². The van der Waals surface area contributed by atoms with Crippen molar-refractivity contribution in [1.29, 1.82) is 0 Å². The first-order valence-corrected chi connectivity index (χ1v) is 4.25. The predicted octanol–water partition coefficient (Wildman–Crippen LogP) is 2.76. The van der Waals surface area contributed by atoms with Crippen LogP contribution < -0.4 is 0 Å². The largest absolute Gasteiger partial charge is 0.478 e. The van der Waals surface area contributed by atoms with Gasteiger partial charge in [-0.2, -0.15) is 0 Å². The van der Waals surface area contributed by atoms with Crippen molar-refractivity contribution in [2.75, 3.05) is 0 Å². The van der Waals surface area contributed by atoms with Crippen LogP contribution in [-0.4, -0.2) is 11.1 Å². The minimum Gasteiger partial charge on any atom is -0.478 e. The Balaban J connectivity index is 4.02. The standard InChI is InChI=1S/C10H16O2/c1-3-5-7-9(10(11)12)8-6-4-2/h3,8H,1,4-7H2,2H3,(H,11,12)/b9-8-. The molecule has 12 heavy (non-hydrogen) atoms. The minimum absolute atomic E-state index is 0.511. The monoisotopic (exact) mass is 168 g/mol. The highest BCUT2D eigenvalue weighted by Gasteiger charge is 2.04. The second kappa shape index (κ2) is 6.65. The van der Waals surface area contributed by atoms with Gasteiger partial charge >= 0.3 is 5.97 Å². The van der Waals surface area contributed by atoms with Crippen molar-refractivity contribution in [1.82, 2.24) is 0 Å². The molecule has 0 amide bonds. The molecule has 0 rings (SSSR count). The molecule has 1 N–H and O–H groups in total. The number of carboxylic acid groups (broad SMARTS) is 1. The van der Waals surface area contributed by atoms with Gasteiger partial charge in [0.25, 0.3) is 0 Å². The third kappa shape index (κ3) is 4.72. The van der Waals surface area contributed by atoms with Crippen LogP contribution in [0.1, 0.15) is 32.6 Å². The zero-order chi connectivity index (χ0) is 9.40. The van der Waals surface area contributed by atoms with Gasteiger partial charge in [-0.3, -0.25) is 0 Å². The molecule has 0 spiro atoms. The lowest BCUT2D eigenvalue weighted by Crippen LogP contribution is -2.00. The molecule has 0 aromatic heterocycles. The first kappa shape index (κ1) is 11.0. The van der Waals surface area contributed by atoms with E-state index in [1.807, 2.05) is 6.92 Å². The number of carboxylic acids is 1. The summed E-state index contributed by atoms with van der Waals surface area (Å²) in [6.07, 6.45) is 6.71. The van der Waals surface area contributed by atoms with Gasteiger partial charge in [0, 0.05) is 5.57 Å². The van der Waals surface area contributed by atoms with Gasteiger partial charge in [-0.05, 0) is 19.3 Å². The zero-order valence-corrected chi connectivity index (χ0v) is 7.55. The van der Waals surface area contributed by atoms with Gasteiger partial charge in [-0.1, -0.05) is 25.5 Å². The number of aliphatic carboxylic acids is 1. The summed E-state index contributed by atoms with van der Waals surface area (Å²) in [5, 5.41) is 8.72. The van der Waals surface area contributed by atoms with Crippen LogP contribution >= 0.6 is 0 Å². The lowest BCUT2D eigenvalue weighted by molar-refractivity contribution is -0.132. The van der Waals surface area contributed by atoms with Crippen LogP contribution in [-0.2, 0) is 4.79 Å². The van der Waals surface area contributed by atoms with Crippen LogP contribution in [0.5, 0.6) is 0 Å². The van der Waals surface area contributed by atoms with Crippen molar-refractivity contribution in [2.24, 2.45) is 0 Å². The molecule has 0 atom stereocenters. The molecule has 0 aliphatic heterocycles. The Labute approximate surface area is 73.6 Å². The Kier molecular flexibility index (Phi) is 6.07. The summed E-state index contributed by atoms with van der Waals surface area (Å²) in [6, 6.07) is 0. The van der Waals surface area contributed by atoms with Gasteiger partial charge in [-0.15, -0.1) is 6.58 Å². The van der Waals surface area contributed by atoms with Crippen LogP contribution in [0.2, 0.25) is 0 Å². The van der Waals surface area contributed by atoms with E-state index >= 15 is 0 Å². The summed E-state index contributed by atoms with van der Waals surface area (Å²) in [6.45, 7) is 5.58. The van der Waals surface area contributed by atoms with Crippen molar-refractivity contribution in [2.45, 2.75) is 32.6 Å². The lowest BCUT2D eigenvalue weighted by Gasteiger charge is -1.98. The summed E-state index contributed by atoms with van der Waals surface area (Å²) < 4.78 is 0. The molecule has 0 aliphatic carbocycles. The van der Waals surface area contributed by atoms with E-state index in [1.54, 1.807) is 12.2 Å². The molecule has 0 unspecified atom stereocenters. The second-order valence-electron chi connectivity index (χ2n) is 2.65. The smallest absolute Gasteiger partial charge is 0.331 e. The van der Waals surface area contributed by atoms with Gasteiger partial charge < -0.3 is 5.11 Å². The fourth-order valence-corrected chi connectivity index (χ4v) is 0.872. The van der Waals surface area contributed by atoms with Crippen LogP contribution in [0.15, 0.2) is 24.3 Å². The topological polar surface area (TPSA) is 37.3 Å². The number of rotatable bonds is 6. The number of unbranched alkanes of at least 4 members (excludes halogenated alkanes) is 1. The molecule has 0 aromatic rings. The van der Waals surface area contributed by atoms with E-state index in [4.69, 9.17) is 5.11 Å². The molecule has 0 heterocycles. The summed E-state index contributed by atoms with van der Waals surface area (Å²) >= 11 is 0. The number of hydrogen-bond acceptors (Lipinski definition) is 1. The first-order valence-electron chi connectivity index (χ1n) is 4.25. The summed E-state index contributed by atoms with van der Waals surface area (Å²) in [4.78, 5) is 10.6. The van der Waals surface area contributed by atoms with Crippen LogP contribution in [0.4, 0.5) is 0 Å². The maximum atomic E-state index is 10.6. The molecule has 2 heteroatoms. The third-order valence-corrected chi connectivity index (χ3v) is 1.57. The average molecular weight is 168 g/mol. The number of hydrogen-bond donors (Lipinski definition) is 1. The Morgan fingerprint density at radius 3 is 2.58 bits per heavy atom. The summed E-state index contributed by atoms with van der Waals surface area (Å²) in [5.41, 5.74) is 0.511. The first-order chi connectivity index (χ1) is 5.72. The van der Waals surface area contributed by atoms with Crippen LogP contribution in [0.25, 0.3) is 0 Å². The van der Waals surface area contributed by atoms with E-state index in [9.17, 15) is 4.79 Å². The summed E-state index contributed by atoms with van der Waals surface area (Å²) in [7, 11) is 0. The quantitative estimate of drug-likeness (QED) is 0.489. The van der Waals surface area contributed by atoms with E-state index in [0.29, 0.717) is 12.0 Å². The highest BCUT2D eigenvalue weighted by atomic mass is 16.4. The number of allylic oxidation sites excluding steroid dienone is 2. The molecule has 0 fully saturated rings. The van der Waals surface area contributed by atoms with Crippen LogP contribution in [0.3, 0.4) is 0 Å². The van der Waals surface area contributed by atoms with Gasteiger partial charge in [-0.25, -0.2) is 4.79 Å². The molecule has 2 nitrogen and oxygen atoms in total. The van der Waals surface area contributed by atoms with Gasteiger partial charge in [0.2, 0.25) is 0 Å². The van der Waals surface area contributed by atoms with Gasteiger partial charge in [0.05, 0.1) is 0 Å². The molecule has 0 aliphatic rings. The van der Waals surface area contributed by atoms with Crippen LogP contribution in [0, 0.1) is 0 Å². The van der Waals surface area contributed by atoms with Crippen molar-refractivity contribution in [3.63, 3.8) is 0 Å². The molecule has 0 bridgehead atoms. The maximum Gasteiger partial charge on any atom is 0.331 e. The Bertz CT molecular complexity index is 180. The molecular formula is C10H16O2. The predicted molar refractivity (Wildman–Crippen MR) is 50.1 cm³/mol. The molecule has 68 valence electrons. The molecule has 0 radical (unpaired) electrons. The molecule has 0 saturated heterocycles. The van der Waals surface area contributed by atoms with E-state index in [2.05, 4.69) is 6.58 Å². The van der Waals surface area contributed by atoms with E-state index in [-0.39, 0.29) is 0 Å². The summed E-state index contributed by atoms with van der Waals surface area (Å²) in [5.74, 6) is -0.801. The van der Waals surface area contributed by atoms with E-state index in [1.165, 1.54) is 0 Å². The lowest BCUT2D eigenvalue weighted by atomic mass is 10.1. The maximum absolute atomic E-state index is 10.6. The highest BCUT2D eigenvalue weighted by Crippen LogP contribution is 2.07. The fraction of sp³-hybridized carbons (Fsp3) is 0.500. The average Bonchev–Trinajstić information content (AvgIpc) is 2.04. The highest BCUT2D eigenvalue weighted by molar-refractivity contribution is 5.86. The second-order valence-corrected chi connectivity index (χ2v) is 2.65. The van der Waals surface area contributed by atoms with Crippen molar-refractivity contribution >= 4 is 5.97 Å². The number of carbonyl (C=O) groups is 1. The zero-order valence-electron chi connectivity index (χ0n) is 7.55.